The zero-order chi connectivity index (χ0) is 23.5. The number of pyridine rings is 1. The number of halogens is 2. The highest BCUT2D eigenvalue weighted by Crippen LogP contribution is 2.34. The maximum atomic E-state index is 13.5. The lowest BCUT2D eigenvalue weighted by Gasteiger charge is -2.31. The maximum absolute atomic E-state index is 13.5. The monoisotopic (exact) mass is 445 g/mol. The van der Waals surface area contributed by atoms with E-state index in [9.17, 15) is 18.4 Å². The lowest BCUT2D eigenvalue weighted by molar-refractivity contribution is -0.114. The van der Waals surface area contributed by atoms with Crippen molar-refractivity contribution in [1.82, 2.24) is 15.2 Å². The summed E-state index contributed by atoms with van der Waals surface area (Å²) in [4.78, 5) is 31.7. The van der Waals surface area contributed by atoms with Crippen LogP contribution in [0.1, 0.15) is 30.6 Å². The first-order chi connectivity index (χ1) is 15.1. The van der Waals surface area contributed by atoms with Crippen LogP contribution in [0.3, 0.4) is 0 Å². The van der Waals surface area contributed by atoms with Gasteiger partial charge in [-0.05, 0) is 32.1 Å². The molecule has 0 aliphatic carbocycles. The summed E-state index contributed by atoms with van der Waals surface area (Å²) < 4.78 is 32.7. The highest BCUT2D eigenvalue weighted by Gasteiger charge is 2.40. The lowest BCUT2D eigenvalue weighted by Crippen LogP contribution is -2.34. The van der Waals surface area contributed by atoms with Crippen LogP contribution in [0.5, 0.6) is 5.75 Å². The number of carbonyl (C=O) groups is 2. The van der Waals surface area contributed by atoms with E-state index < -0.39 is 24.3 Å². The van der Waals surface area contributed by atoms with Gasteiger partial charge in [-0.25, -0.2) is 13.8 Å². The Kier molecular flexibility index (Phi) is 6.71. The first-order valence-electron chi connectivity index (χ1n) is 10.1. The van der Waals surface area contributed by atoms with Crippen LogP contribution < -0.4 is 15.0 Å². The lowest BCUT2D eigenvalue weighted by atomic mass is 10.2. The molecule has 1 aromatic rings. The van der Waals surface area contributed by atoms with Crippen molar-refractivity contribution in [2.45, 2.75) is 26.2 Å². The number of carbonyl (C=O) groups excluding carboxylic acids is 2. The molecule has 0 bridgehead atoms. The molecule has 2 amide bonds. The van der Waals surface area contributed by atoms with Crippen LogP contribution >= 0.6 is 0 Å². The van der Waals surface area contributed by atoms with Gasteiger partial charge >= 0.3 is 0 Å². The molecule has 2 N–H and O–H groups in total. The van der Waals surface area contributed by atoms with Gasteiger partial charge in [0.15, 0.2) is 11.6 Å². The maximum Gasteiger partial charge on any atom is 0.268 e. The molecule has 0 aromatic carbocycles. The van der Waals surface area contributed by atoms with Gasteiger partial charge in [0.2, 0.25) is 0 Å². The minimum Gasteiger partial charge on any atom is -0.488 e. The Morgan fingerprint density at radius 2 is 2.12 bits per heavy atom. The summed E-state index contributed by atoms with van der Waals surface area (Å²) >= 11 is 0. The minimum absolute atomic E-state index is 0.00681. The van der Waals surface area contributed by atoms with Gasteiger partial charge in [0.05, 0.1) is 24.4 Å². The van der Waals surface area contributed by atoms with Crippen molar-refractivity contribution in [2.75, 3.05) is 31.1 Å². The Hall–Kier alpha value is -3.56. The van der Waals surface area contributed by atoms with Gasteiger partial charge in [-0.3, -0.25) is 15.0 Å². The third-order valence-corrected chi connectivity index (χ3v) is 4.95. The van der Waals surface area contributed by atoms with Gasteiger partial charge < -0.3 is 19.9 Å². The molecule has 32 heavy (non-hydrogen) atoms. The van der Waals surface area contributed by atoms with Gasteiger partial charge in [-0.2, -0.15) is 0 Å². The molecule has 0 spiro atoms. The van der Waals surface area contributed by atoms with Crippen LogP contribution in [0.25, 0.3) is 0 Å². The summed E-state index contributed by atoms with van der Waals surface area (Å²) in [5, 5.41) is 9.93. The van der Waals surface area contributed by atoms with E-state index in [1.54, 1.807) is 12.2 Å². The predicted molar refractivity (Wildman–Crippen MR) is 116 cm³/mol. The van der Waals surface area contributed by atoms with Crippen LogP contribution in [0, 0.1) is 5.41 Å². The van der Waals surface area contributed by atoms with Gasteiger partial charge in [-0.15, -0.1) is 0 Å². The molecule has 0 saturated carbocycles. The van der Waals surface area contributed by atoms with Crippen molar-refractivity contribution in [3.05, 3.63) is 54.0 Å². The fourth-order valence-corrected chi connectivity index (χ4v) is 3.40. The third-order valence-electron chi connectivity index (χ3n) is 4.95. The molecule has 1 aromatic heterocycles. The number of likely N-dealkylation sites (tertiary alicyclic amines) is 1. The Morgan fingerprint density at radius 3 is 2.75 bits per heavy atom. The standard InChI is InChI=1S/C22H25F2N5O3/c1-4-5-17(10-14(2)27-20(30)15(3)25)29-8-9-32-18-11-16(12-26-19(18)29)21(31)28-7-6-22(23,24)13-28/h4-5,10-12,25H,2,6-9,13H2,1,3H3,(H,27,30)/b5-4-,17-10+,25-15?. The number of rotatable bonds is 6. The van der Waals surface area contributed by atoms with Crippen molar-refractivity contribution in [3.63, 3.8) is 0 Å². The summed E-state index contributed by atoms with van der Waals surface area (Å²) in [6.07, 6.45) is 6.25. The zero-order valence-corrected chi connectivity index (χ0v) is 18.0. The van der Waals surface area contributed by atoms with E-state index in [1.807, 2.05) is 17.9 Å². The molecule has 3 rings (SSSR count). The van der Waals surface area contributed by atoms with Crippen LogP contribution in [-0.4, -0.2) is 59.6 Å². The quantitative estimate of drug-likeness (QED) is 0.518. The number of ether oxygens (including phenoxy) is 1. The molecule has 3 heterocycles. The van der Waals surface area contributed by atoms with Crippen LogP contribution in [0.2, 0.25) is 0 Å². The minimum atomic E-state index is -2.87. The Balaban J connectivity index is 1.85. The highest BCUT2D eigenvalue weighted by molar-refractivity contribution is 6.36. The first-order valence-corrected chi connectivity index (χ1v) is 10.1. The van der Waals surface area contributed by atoms with Gasteiger partial charge in [-0.1, -0.05) is 12.7 Å². The molecule has 10 heteroatoms. The van der Waals surface area contributed by atoms with E-state index in [0.717, 1.165) is 4.90 Å². The average molecular weight is 445 g/mol. The number of hydrogen-bond donors (Lipinski definition) is 2. The third kappa shape index (κ3) is 5.19. The molecule has 170 valence electrons. The summed E-state index contributed by atoms with van der Waals surface area (Å²) in [5.41, 5.74) is 0.997. The summed E-state index contributed by atoms with van der Waals surface area (Å²) in [6, 6.07) is 1.51. The summed E-state index contributed by atoms with van der Waals surface area (Å²) in [5.74, 6) is -3.13. The van der Waals surface area contributed by atoms with Crippen molar-refractivity contribution >= 4 is 23.3 Å². The van der Waals surface area contributed by atoms with Gasteiger partial charge in [0.1, 0.15) is 6.61 Å². The van der Waals surface area contributed by atoms with E-state index in [0.29, 0.717) is 36.1 Å². The predicted octanol–water partition coefficient (Wildman–Crippen LogP) is 2.89. The van der Waals surface area contributed by atoms with E-state index in [-0.39, 0.29) is 24.2 Å². The molecule has 0 atom stereocenters. The highest BCUT2D eigenvalue weighted by atomic mass is 19.3. The van der Waals surface area contributed by atoms with Gasteiger partial charge in [0.25, 0.3) is 17.7 Å². The molecule has 1 saturated heterocycles. The average Bonchev–Trinajstić information content (AvgIpc) is 3.11. The largest absolute Gasteiger partial charge is 0.488 e. The number of alkyl halides is 2. The molecular weight excluding hydrogens is 420 g/mol. The zero-order valence-electron chi connectivity index (χ0n) is 18.0. The number of allylic oxidation sites excluding steroid dienone is 3. The number of fused-ring (bicyclic) bond motifs is 1. The van der Waals surface area contributed by atoms with Crippen LogP contribution in [0.4, 0.5) is 14.6 Å². The van der Waals surface area contributed by atoms with Crippen molar-refractivity contribution in [1.29, 1.82) is 5.41 Å². The number of anilines is 1. The molecule has 0 unspecified atom stereocenters. The smallest absolute Gasteiger partial charge is 0.268 e. The second-order valence-electron chi connectivity index (χ2n) is 7.55. The van der Waals surface area contributed by atoms with E-state index in [4.69, 9.17) is 10.1 Å². The fourth-order valence-electron chi connectivity index (χ4n) is 3.40. The molecule has 8 nitrogen and oxygen atoms in total. The fraction of sp³-hybridized carbons (Fsp3) is 0.364. The Labute approximate surface area is 184 Å². The van der Waals surface area contributed by atoms with Crippen LogP contribution in [-0.2, 0) is 4.79 Å². The molecular formula is C22H25F2N5O3. The van der Waals surface area contributed by atoms with E-state index >= 15 is 0 Å². The summed E-state index contributed by atoms with van der Waals surface area (Å²) in [6.45, 7) is 7.17. The second kappa shape index (κ2) is 9.29. The van der Waals surface area contributed by atoms with E-state index in [2.05, 4.69) is 16.9 Å². The van der Waals surface area contributed by atoms with Gasteiger partial charge in [0, 0.05) is 30.6 Å². The Morgan fingerprint density at radius 1 is 1.38 bits per heavy atom. The topological polar surface area (TPSA) is 98.6 Å². The van der Waals surface area contributed by atoms with Crippen LogP contribution in [0.15, 0.2) is 48.5 Å². The normalized spacial score (nSPS) is 17.7. The first kappa shape index (κ1) is 23.1. The number of nitrogens with one attached hydrogen (secondary N) is 2. The summed E-state index contributed by atoms with van der Waals surface area (Å²) in [7, 11) is 0. The van der Waals surface area contributed by atoms with Crippen molar-refractivity contribution < 1.29 is 23.1 Å². The number of hydrogen-bond acceptors (Lipinski definition) is 6. The number of nitrogens with zero attached hydrogens (tertiary/aromatic N) is 3. The second-order valence-corrected chi connectivity index (χ2v) is 7.55. The molecule has 0 radical (unpaired) electrons. The van der Waals surface area contributed by atoms with Crippen molar-refractivity contribution in [3.8, 4) is 5.75 Å². The molecule has 2 aliphatic heterocycles. The number of amides is 2. The Bertz CT molecular complexity index is 1020. The number of aromatic nitrogens is 1. The molecule has 1 fully saturated rings. The SMILES string of the molecule is C=C(/C=C(\C=C/C)N1CCOc2cc(C(=O)N3CCC(F)(F)C3)cnc21)NC(=O)C(C)=N. The van der Waals surface area contributed by atoms with Crippen molar-refractivity contribution in [2.24, 2.45) is 0 Å². The molecule has 2 aliphatic rings. The van der Waals surface area contributed by atoms with E-state index in [1.165, 1.54) is 19.2 Å².